The van der Waals surface area contributed by atoms with Gasteiger partial charge in [0.05, 0.1) is 6.04 Å². The van der Waals surface area contributed by atoms with Crippen LogP contribution in [-0.4, -0.2) is 90.2 Å². The molecule has 0 aliphatic carbocycles. The van der Waals surface area contributed by atoms with E-state index in [1.54, 1.807) is 61.5 Å². The van der Waals surface area contributed by atoms with Crippen LogP contribution in [0, 0.1) is 5.92 Å². The zero-order chi connectivity index (χ0) is 32.3. The van der Waals surface area contributed by atoms with Crippen molar-refractivity contribution in [3.8, 4) is 0 Å². The lowest BCUT2D eigenvalue weighted by molar-refractivity contribution is -0.143. The van der Waals surface area contributed by atoms with Gasteiger partial charge in [0.1, 0.15) is 31.1 Å². The molecule has 1 fully saturated rings. The van der Waals surface area contributed by atoms with Crippen molar-refractivity contribution >= 4 is 37.8 Å². The summed E-state index contributed by atoms with van der Waals surface area (Å²) in [6.45, 7) is 15.2. The zero-order valence-corrected chi connectivity index (χ0v) is 26.7. The van der Waals surface area contributed by atoms with Crippen LogP contribution in [0.2, 0.25) is 5.82 Å². The Morgan fingerprint density at radius 1 is 0.976 bits per heavy atom. The van der Waals surface area contributed by atoms with Gasteiger partial charge in [0.2, 0.25) is 11.8 Å². The monoisotopic (exact) mass is 594 g/mol. The number of carbonyl (C=O) groups excluding carboxylic acids is 4. The van der Waals surface area contributed by atoms with Gasteiger partial charge < -0.3 is 35.4 Å². The molecule has 4 amide bonds. The Labute approximate surface area is 251 Å². The van der Waals surface area contributed by atoms with Gasteiger partial charge in [-0.2, -0.15) is 0 Å². The summed E-state index contributed by atoms with van der Waals surface area (Å²) in [7, 11) is 1.73. The van der Waals surface area contributed by atoms with E-state index in [4.69, 9.17) is 9.47 Å². The van der Waals surface area contributed by atoms with Crippen molar-refractivity contribution < 1.29 is 38.6 Å². The van der Waals surface area contributed by atoms with E-state index >= 15 is 0 Å². The molecule has 1 saturated heterocycles. The molecule has 4 N–H and O–H groups in total. The van der Waals surface area contributed by atoms with E-state index in [0.717, 1.165) is 0 Å². The Hall–Kier alpha value is -3.25. The molecule has 1 aliphatic rings. The predicted molar refractivity (Wildman–Crippen MR) is 162 cm³/mol. The first-order valence-corrected chi connectivity index (χ1v) is 14.8. The van der Waals surface area contributed by atoms with E-state index in [9.17, 15) is 29.1 Å². The minimum atomic E-state index is -1.19. The van der Waals surface area contributed by atoms with Crippen molar-refractivity contribution in [3.63, 3.8) is 0 Å². The first kappa shape index (κ1) is 36.8. The average Bonchev–Trinajstić information content (AvgIpc) is 3.30. The second kappa shape index (κ2) is 16.4. The number of alkyl carbamates (subject to hydrolysis) is 2. The van der Waals surface area contributed by atoms with Gasteiger partial charge in [0, 0.05) is 18.9 Å². The van der Waals surface area contributed by atoms with Gasteiger partial charge in [-0.25, -0.2) is 14.4 Å². The molecule has 0 bridgehead atoms. The van der Waals surface area contributed by atoms with Crippen LogP contribution in [0.1, 0.15) is 87.5 Å². The maximum absolute atomic E-state index is 13.3. The normalized spacial score (nSPS) is 17.8. The highest BCUT2D eigenvalue weighted by molar-refractivity contribution is 6.25. The fourth-order valence-corrected chi connectivity index (χ4v) is 4.44. The third-order valence-corrected chi connectivity index (χ3v) is 6.24. The van der Waals surface area contributed by atoms with Crippen LogP contribution in [0.15, 0.2) is 12.2 Å². The van der Waals surface area contributed by atoms with E-state index in [0.29, 0.717) is 32.2 Å². The van der Waals surface area contributed by atoms with Gasteiger partial charge >= 0.3 is 18.2 Å². The van der Waals surface area contributed by atoms with Gasteiger partial charge in [0.25, 0.3) is 0 Å². The van der Waals surface area contributed by atoms with E-state index in [1.807, 2.05) is 13.8 Å². The Bertz CT molecular complexity index is 974. The van der Waals surface area contributed by atoms with Crippen LogP contribution in [0.5, 0.6) is 0 Å². The molecule has 0 unspecified atom stereocenters. The maximum Gasteiger partial charge on any atom is 0.408 e. The van der Waals surface area contributed by atoms with E-state index in [2.05, 4.69) is 16.0 Å². The molecule has 4 atom stereocenters. The van der Waals surface area contributed by atoms with Gasteiger partial charge in [0.15, 0.2) is 0 Å². The number of likely N-dealkylation sites (tertiary alicyclic amines) is 1. The number of amides is 4. The minimum absolute atomic E-state index is 0.0958. The molecule has 1 rings (SSSR count). The van der Waals surface area contributed by atoms with E-state index < -0.39 is 53.2 Å². The van der Waals surface area contributed by atoms with Gasteiger partial charge in [-0.1, -0.05) is 26.0 Å². The number of rotatable bonds is 13. The fraction of sp³-hybridized carbons (Fsp3) is 0.759. The Morgan fingerprint density at radius 3 is 2.12 bits per heavy atom. The molecule has 0 radical (unpaired) electrons. The number of carboxylic acid groups (broad SMARTS) is 1. The highest BCUT2D eigenvalue weighted by Crippen LogP contribution is 2.22. The Kier molecular flexibility index (Phi) is 14.4. The van der Waals surface area contributed by atoms with Crippen molar-refractivity contribution in [3.05, 3.63) is 12.2 Å². The molecule has 1 aliphatic heterocycles. The molecule has 0 aromatic rings. The number of hydrogen-bond donors (Lipinski definition) is 4. The van der Waals surface area contributed by atoms with E-state index in [1.165, 1.54) is 4.90 Å². The number of hydrogen-bond acceptors (Lipinski definition) is 7. The lowest BCUT2D eigenvalue weighted by Crippen LogP contribution is -2.51. The van der Waals surface area contributed by atoms with Gasteiger partial charge in [-0.3, -0.25) is 9.59 Å². The topological polar surface area (TPSA) is 163 Å². The summed E-state index contributed by atoms with van der Waals surface area (Å²) in [5, 5.41) is 17.6. The standard InChI is InChI=1S/C29H51BN4O8/c1-18(2)17-19(32-27(40)42-29(6,7)8)13-14-20(30)24(36)34-16-10-12-22(34)23(35)33-21(25(37)38)11-9-15-31-26(39)41-28(3,4)5/h13-14,18-22H,9-12,15-17,30H2,1-8H3,(H,31,39)(H,32,40)(H,33,35)(H,37,38)/b14-13+/t19-,20+,21+,22+/m1/s1. The highest BCUT2D eigenvalue weighted by atomic mass is 16.6. The fourth-order valence-electron chi connectivity index (χ4n) is 4.44. The number of carbonyl (C=O) groups is 5. The molecule has 13 heteroatoms. The summed E-state index contributed by atoms with van der Waals surface area (Å²) < 4.78 is 10.5. The second-order valence-corrected chi connectivity index (χ2v) is 13.2. The average molecular weight is 595 g/mol. The first-order chi connectivity index (χ1) is 19.3. The smallest absolute Gasteiger partial charge is 0.408 e. The quantitative estimate of drug-likeness (QED) is 0.144. The first-order valence-electron chi connectivity index (χ1n) is 14.8. The highest BCUT2D eigenvalue weighted by Gasteiger charge is 2.37. The predicted octanol–water partition coefficient (Wildman–Crippen LogP) is 2.77. The van der Waals surface area contributed by atoms with Crippen molar-refractivity contribution in [1.82, 2.24) is 20.9 Å². The van der Waals surface area contributed by atoms with Gasteiger partial charge in [-0.05, 0) is 79.6 Å². The maximum atomic E-state index is 13.3. The number of aliphatic carboxylic acids is 1. The second-order valence-electron chi connectivity index (χ2n) is 13.2. The summed E-state index contributed by atoms with van der Waals surface area (Å²) >= 11 is 0. The number of nitrogens with one attached hydrogen (secondary N) is 3. The minimum Gasteiger partial charge on any atom is -0.480 e. The SMILES string of the molecule is B[C@@H](/C=C/[C@H](CC(C)C)NC(=O)OC(C)(C)C)C(=O)N1CCC[C@H]1C(=O)N[C@@H](CCCNC(=O)OC(C)(C)C)C(=O)O. The van der Waals surface area contributed by atoms with Crippen molar-refractivity contribution in [1.29, 1.82) is 0 Å². The van der Waals surface area contributed by atoms with Crippen LogP contribution in [0.25, 0.3) is 0 Å². The lowest BCUT2D eigenvalue weighted by Gasteiger charge is -2.27. The van der Waals surface area contributed by atoms with Crippen LogP contribution in [0.4, 0.5) is 9.59 Å². The van der Waals surface area contributed by atoms with Crippen molar-refractivity contribution in [2.45, 2.75) is 123 Å². The molecular formula is C29H51BN4O8. The Balaban J connectivity index is 2.77. The number of nitrogens with zero attached hydrogens (tertiary/aromatic N) is 1. The van der Waals surface area contributed by atoms with Crippen molar-refractivity contribution in [2.75, 3.05) is 13.1 Å². The third-order valence-electron chi connectivity index (χ3n) is 6.24. The van der Waals surface area contributed by atoms with Crippen LogP contribution in [-0.2, 0) is 23.9 Å². The number of ether oxygens (including phenoxy) is 2. The molecule has 0 aromatic carbocycles. The molecule has 0 spiro atoms. The summed E-state index contributed by atoms with van der Waals surface area (Å²) in [4.78, 5) is 63.8. The third kappa shape index (κ3) is 14.6. The van der Waals surface area contributed by atoms with Crippen molar-refractivity contribution in [2.24, 2.45) is 5.92 Å². The van der Waals surface area contributed by atoms with Crippen LogP contribution < -0.4 is 16.0 Å². The summed E-state index contributed by atoms with van der Waals surface area (Å²) in [5.74, 6) is -2.25. The summed E-state index contributed by atoms with van der Waals surface area (Å²) in [6, 6.07) is -2.28. The molecule has 42 heavy (non-hydrogen) atoms. The molecule has 1 heterocycles. The molecule has 0 aromatic heterocycles. The largest absolute Gasteiger partial charge is 0.480 e. The van der Waals surface area contributed by atoms with Crippen LogP contribution >= 0.6 is 0 Å². The lowest BCUT2D eigenvalue weighted by atomic mass is 9.84. The summed E-state index contributed by atoms with van der Waals surface area (Å²) in [6.07, 6.45) is 4.46. The summed E-state index contributed by atoms with van der Waals surface area (Å²) in [5.41, 5.74) is -1.28. The Morgan fingerprint density at radius 2 is 1.57 bits per heavy atom. The van der Waals surface area contributed by atoms with E-state index in [-0.39, 0.29) is 30.8 Å². The molecule has 12 nitrogen and oxygen atoms in total. The van der Waals surface area contributed by atoms with Gasteiger partial charge in [-0.15, -0.1) is 0 Å². The number of carboxylic acids is 1. The molecule has 238 valence electrons. The molecular weight excluding hydrogens is 543 g/mol. The zero-order valence-electron chi connectivity index (χ0n) is 26.7. The molecule has 0 saturated carbocycles. The van der Waals surface area contributed by atoms with Crippen LogP contribution in [0.3, 0.4) is 0 Å².